The van der Waals surface area contributed by atoms with Gasteiger partial charge in [0.05, 0.1) is 30.3 Å². The summed E-state index contributed by atoms with van der Waals surface area (Å²) in [5.74, 6) is -0.615. The van der Waals surface area contributed by atoms with Gasteiger partial charge in [-0.1, -0.05) is 0 Å². The highest BCUT2D eigenvalue weighted by Gasteiger charge is 2.35. The zero-order valence-corrected chi connectivity index (χ0v) is 11.5. The van der Waals surface area contributed by atoms with Crippen LogP contribution in [0.3, 0.4) is 0 Å². The van der Waals surface area contributed by atoms with Crippen LogP contribution in [0.15, 0.2) is 0 Å². The Morgan fingerprint density at radius 1 is 1.56 bits per heavy atom. The summed E-state index contributed by atoms with van der Waals surface area (Å²) in [7, 11) is 1.35. The van der Waals surface area contributed by atoms with Crippen LogP contribution in [0.2, 0.25) is 0 Å². The molecule has 1 atom stereocenters. The second-order valence-electron chi connectivity index (χ2n) is 4.44. The molecule has 1 saturated heterocycles. The summed E-state index contributed by atoms with van der Waals surface area (Å²) in [6.07, 6.45) is 0.253. The number of amides is 1. The molecule has 1 amide bonds. The Balaban J connectivity index is 2.05. The van der Waals surface area contributed by atoms with E-state index in [1.54, 1.807) is 16.2 Å². The van der Waals surface area contributed by atoms with Crippen LogP contribution in [0.1, 0.15) is 22.0 Å². The van der Waals surface area contributed by atoms with Crippen molar-refractivity contribution in [3.05, 3.63) is 15.6 Å². The Morgan fingerprint density at radius 2 is 2.28 bits per heavy atom. The van der Waals surface area contributed by atoms with Gasteiger partial charge in [-0.2, -0.15) is 0 Å². The first-order chi connectivity index (χ1) is 8.51. The molecule has 0 saturated carbocycles. The van der Waals surface area contributed by atoms with E-state index in [2.05, 4.69) is 9.72 Å². The van der Waals surface area contributed by atoms with E-state index < -0.39 is 0 Å². The van der Waals surface area contributed by atoms with Gasteiger partial charge in [0.25, 0.3) is 0 Å². The van der Waals surface area contributed by atoms with Crippen molar-refractivity contribution in [2.75, 3.05) is 13.7 Å². The molecule has 98 valence electrons. The molecule has 0 bridgehead atoms. The fourth-order valence-electron chi connectivity index (χ4n) is 2.14. The van der Waals surface area contributed by atoms with Crippen LogP contribution in [0.4, 0.5) is 0 Å². The van der Waals surface area contributed by atoms with Crippen molar-refractivity contribution in [2.45, 2.75) is 26.8 Å². The number of methoxy groups -OCH3 is 1. The summed E-state index contributed by atoms with van der Waals surface area (Å²) < 4.78 is 4.68. The summed E-state index contributed by atoms with van der Waals surface area (Å²) >= 11 is 1.60. The Kier molecular flexibility index (Phi) is 3.65. The van der Waals surface area contributed by atoms with Gasteiger partial charge in [-0.25, -0.2) is 4.98 Å². The van der Waals surface area contributed by atoms with Crippen LogP contribution >= 0.6 is 11.3 Å². The summed E-state index contributed by atoms with van der Waals surface area (Å²) in [4.78, 5) is 30.4. The summed E-state index contributed by atoms with van der Waals surface area (Å²) in [5.41, 5.74) is 0.965. The van der Waals surface area contributed by atoms with E-state index in [9.17, 15) is 9.59 Å². The number of carbonyl (C=O) groups excluding carboxylic acids is 2. The Morgan fingerprint density at radius 3 is 2.83 bits per heavy atom. The second kappa shape index (κ2) is 5.06. The van der Waals surface area contributed by atoms with E-state index in [1.165, 1.54) is 7.11 Å². The lowest BCUT2D eigenvalue weighted by Gasteiger charge is -2.15. The van der Waals surface area contributed by atoms with Crippen molar-refractivity contribution in [1.82, 2.24) is 9.88 Å². The van der Waals surface area contributed by atoms with Gasteiger partial charge < -0.3 is 9.64 Å². The molecule has 2 rings (SSSR count). The fraction of sp³-hybridized carbons (Fsp3) is 0.583. The fourth-order valence-corrected chi connectivity index (χ4v) is 3.10. The molecule has 0 spiro atoms. The first kappa shape index (κ1) is 13.0. The Hall–Kier alpha value is -1.43. The molecule has 18 heavy (non-hydrogen) atoms. The molecule has 1 aliphatic rings. The maximum Gasteiger partial charge on any atom is 0.310 e. The molecule has 1 unspecified atom stereocenters. The van der Waals surface area contributed by atoms with Crippen molar-refractivity contribution in [3.63, 3.8) is 0 Å². The van der Waals surface area contributed by atoms with Crippen molar-refractivity contribution < 1.29 is 14.3 Å². The maximum absolute atomic E-state index is 11.8. The minimum atomic E-state index is -0.322. The maximum atomic E-state index is 11.8. The smallest absolute Gasteiger partial charge is 0.310 e. The molecule has 5 nitrogen and oxygen atoms in total. The van der Waals surface area contributed by atoms with Crippen molar-refractivity contribution >= 4 is 23.2 Å². The van der Waals surface area contributed by atoms with E-state index >= 15 is 0 Å². The first-order valence-electron chi connectivity index (χ1n) is 5.79. The molecule has 2 heterocycles. The van der Waals surface area contributed by atoms with Crippen molar-refractivity contribution in [1.29, 1.82) is 0 Å². The Labute approximate surface area is 110 Å². The number of hydrogen-bond acceptors (Lipinski definition) is 5. The van der Waals surface area contributed by atoms with Crippen LogP contribution < -0.4 is 0 Å². The quantitative estimate of drug-likeness (QED) is 0.775. The molecule has 0 aromatic carbocycles. The predicted molar refractivity (Wildman–Crippen MR) is 67.1 cm³/mol. The minimum Gasteiger partial charge on any atom is -0.469 e. The van der Waals surface area contributed by atoms with Gasteiger partial charge in [0.15, 0.2) is 0 Å². The normalized spacial score (nSPS) is 19.4. The SMILES string of the molecule is COC(=O)C1CC(=O)N(Cc2sc(C)nc2C)C1. The van der Waals surface area contributed by atoms with Crippen LogP contribution in [-0.2, 0) is 20.9 Å². The summed E-state index contributed by atoms with van der Waals surface area (Å²) in [6, 6.07) is 0. The monoisotopic (exact) mass is 268 g/mol. The number of thiazole rings is 1. The van der Waals surface area contributed by atoms with E-state index in [0.717, 1.165) is 15.6 Å². The van der Waals surface area contributed by atoms with E-state index in [-0.39, 0.29) is 24.2 Å². The highest BCUT2D eigenvalue weighted by atomic mass is 32.1. The lowest BCUT2D eigenvalue weighted by molar-refractivity contribution is -0.145. The predicted octanol–water partition coefficient (Wildman–Crippen LogP) is 1.28. The van der Waals surface area contributed by atoms with Gasteiger partial charge in [0.1, 0.15) is 0 Å². The third kappa shape index (κ3) is 2.53. The molecule has 1 fully saturated rings. The molecular weight excluding hydrogens is 252 g/mol. The molecule has 6 heteroatoms. The molecule has 0 N–H and O–H groups in total. The zero-order chi connectivity index (χ0) is 13.3. The molecule has 0 aliphatic carbocycles. The molecule has 1 aliphatic heterocycles. The van der Waals surface area contributed by atoms with E-state index in [1.807, 2.05) is 13.8 Å². The van der Waals surface area contributed by atoms with Crippen LogP contribution in [0.5, 0.6) is 0 Å². The summed E-state index contributed by atoms with van der Waals surface area (Å²) in [5, 5.41) is 0.999. The first-order valence-corrected chi connectivity index (χ1v) is 6.61. The van der Waals surface area contributed by atoms with Crippen LogP contribution in [0.25, 0.3) is 0 Å². The van der Waals surface area contributed by atoms with Crippen molar-refractivity contribution in [2.24, 2.45) is 5.92 Å². The van der Waals surface area contributed by atoms with E-state index in [4.69, 9.17) is 0 Å². The molecule has 1 aromatic heterocycles. The van der Waals surface area contributed by atoms with Gasteiger partial charge in [-0.05, 0) is 13.8 Å². The average molecular weight is 268 g/mol. The van der Waals surface area contributed by atoms with Gasteiger partial charge in [0, 0.05) is 17.8 Å². The highest BCUT2D eigenvalue weighted by Crippen LogP contribution is 2.25. The van der Waals surface area contributed by atoms with Gasteiger partial charge in [0.2, 0.25) is 5.91 Å². The van der Waals surface area contributed by atoms with Gasteiger partial charge in [-0.15, -0.1) is 11.3 Å². The van der Waals surface area contributed by atoms with Crippen LogP contribution in [0, 0.1) is 19.8 Å². The number of aryl methyl sites for hydroxylation is 2. The second-order valence-corrected chi connectivity index (χ2v) is 5.73. The summed E-state index contributed by atoms with van der Waals surface area (Å²) in [6.45, 7) is 4.88. The minimum absolute atomic E-state index is 0.0100. The third-order valence-electron chi connectivity index (χ3n) is 3.08. The Bertz CT molecular complexity index is 484. The molecular formula is C12H16N2O3S. The molecule has 0 radical (unpaired) electrons. The highest BCUT2D eigenvalue weighted by molar-refractivity contribution is 7.11. The zero-order valence-electron chi connectivity index (χ0n) is 10.7. The number of esters is 1. The number of nitrogens with zero attached hydrogens (tertiary/aromatic N) is 2. The lowest BCUT2D eigenvalue weighted by Crippen LogP contribution is -2.26. The number of carbonyl (C=O) groups is 2. The van der Waals surface area contributed by atoms with Gasteiger partial charge >= 0.3 is 5.97 Å². The number of aromatic nitrogens is 1. The van der Waals surface area contributed by atoms with Crippen molar-refractivity contribution in [3.8, 4) is 0 Å². The topological polar surface area (TPSA) is 59.5 Å². The van der Waals surface area contributed by atoms with Gasteiger partial charge in [-0.3, -0.25) is 9.59 Å². The third-order valence-corrected chi connectivity index (χ3v) is 4.14. The number of hydrogen-bond donors (Lipinski definition) is 0. The number of likely N-dealkylation sites (tertiary alicyclic amines) is 1. The lowest BCUT2D eigenvalue weighted by atomic mass is 10.1. The number of rotatable bonds is 3. The van der Waals surface area contributed by atoms with Crippen LogP contribution in [-0.4, -0.2) is 35.4 Å². The standard InChI is InChI=1S/C12H16N2O3S/c1-7-10(18-8(2)13-7)6-14-5-9(4-11(14)15)12(16)17-3/h9H,4-6H2,1-3H3. The number of ether oxygens (including phenoxy) is 1. The van der Waals surface area contributed by atoms with E-state index in [0.29, 0.717) is 13.1 Å². The average Bonchev–Trinajstić information content (AvgIpc) is 2.83. The molecule has 1 aromatic rings. The largest absolute Gasteiger partial charge is 0.469 e.